The number of rotatable bonds is 2. The molecule has 0 aromatic heterocycles. The second-order valence-corrected chi connectivity index (χ2v) is 2.16. The Morgan fingerprint density at radius 1 is 1.73 bits per heavy atom. The third kappa shape index (κ3) is 12.2. The van der Waals surface area contributed by atoms with E-state index < -0.39 is 6.03 Å². The molecule has 1 unspecified atom stereocenters. The maximum absolute atomic E-state index is 9.00. The molecule has 0 saturated carbocycles. The Hall–Kier alpha value is -1.03. The Labute approximate surface area is 66.2 Å². The van der Waals surface area contributed by atoms with E-state index in [1.165, 1.54) is 0 Å². The number of primary amides is 2. The Balaban J connectivity index is 0.000000218. The summed E-state index contributed by atoms with van der Waals surface area (Å²) in [5, 5.41) is 0. The SMILES string of the molecule is CC=CCC1CO1.NC(N)=O. The Kier molecular flexibility index (Phi) is 5.20. The lowest BCUT2D eigenvalue weighted by molar-refractivity contribution is 0.256. The molecular weight excluding hydrogens is 144 g/mol. The van der Waals surface area contributed by atoms with Gasteiger partial charge in [0.15, 0.2) is 0 Å². The summed E-state index contributed by atoms with van der Waals surface area (Å²) in [5.74, 6) is 0. The smallest absolute Gasteiger partial charge is 0.309 e. The normalized spacial score (nSPS) is 20.6. The number of hydrogen-bond donors (Lipinski definition) is 2. The zero-order valence-corrected chi connectivity index (χ0v) is 6.62. The molecule has 1 atom stereocenters. The highest BCUT2D eigenvalue weighted by Crippen LogP contribution is 2.12. The number of urea groups is 1. The zero-order valence-electron chi connectivity index (χ0n) is 6.62. The van der Waals surface area contributed by atoms with Crippen molar-refractivity contribution in [3.05, 3.63) is 12.2 Å². The minimum atomic E-state index is -0.833. The number of allylic oxidation sites excluding steroid dienone is 1. The first-order valence-corrected chi connectivity index (χ1v) is 3.44. The lowest BCUT2D eigenvalue weighted by atomic mass is 10.3. The third-order valence-corrected chi connectivity index (χ3v) is 1.04. The minimum Gasteiger partial charge on any atom is -0.373 e. The van der Waals surface area contributed by atoms with Crippen LogP contribution in [0.15, 0.2) is 12.2 Å². The number of amides is 2. The maximum atomic E-state index is 9.00. The molecule has 1 heterocycles. The molecule has 4 N–H and O–H groups in total. The van der Waals surface area contributed by atoms with Crippen LogP contribution in [0.4, 0.5) is 4.79 Å². The third-order valence-electron chi connectivity index (χ3n) is 1.04. The number of hydrogen-bond acceptors (Lipinski definition) is 2. The number of ether oxygens (including phenoxy) is 1. The molecule has 4 heteroatoms. The van der Waals surface area contributed by atoms with Gasteiger partial charge < -0.3 is 16.2 Å². The number of epoxide rings is 1. The standard InChI is InChI=1S/C6H10O.CH4N2O/c1-2-3-4-6-5-7-6;2-1(3)4/h2-3,6H,4-5H2,1H3;(H4,2,3,4). The molecule has 0 radical (unpaired) electrons. The molecule has 0 aliphatic carbocycles. The van der Waals surface area contributed by atoms with Crippen molar-refractivity contribution in [1.29, 1.82) is 0 Å². The van der Waals surface area contributed by atoms with Crippen LogP contribution < -0.4 is 11.5 Å². The fourth-order valence-electron chi connectivity index (χ4n) is 0.492. The van der Waals surface area contributed by atoms with Crippen molar-refractivity contribution in [2.45, 2.75) is 19.4 Å². The van der Waals surface area contributed by atoms with Crippen molar-refractivity contribution in [2.75, 3.05) is 6.61 Å². The van der Waals surface area contributed by atoms with E-state index in [2.05, 4.69) is 23.6 Å². The van der Waals surface area contributed by atoms with Gasteiger partial charge in [-0.25, -0.2) is 4.79 Å². The monoisotopic (exact) mass is 158 g/mol. The lowest BCUT2D eigenvalue weighted by Crippen LogP contribution is -2.18. The molecule has 0 spiro atoms. The molecule has 1 rings (SSSR count). The van der Waals surface area contributed by atoms with Crippen LogP contribution in [0.25, 0.3) is 0 Å². The van der Waals surface area contributed by atoms with Gasteiger partial charge in [0, 0.05) is 0 Å². The van der Waals surface area contributed by atoms with Gasteiger partial charge in [0.1, 0.15) is 0 Å². The van der Waals surface area contributed by atoms with Gasteiger partial charge in [-0.15, -0.1) is 0 Å². The van der Waals surface area contributed by atoms with Crippen LogP contribution in [0, 0.1) is 0 Å². The highest BCUT2D eigenvalue weighted by atomic mass is 16.6. The average molecular weight is 158 g/mol. The average Bonchev–Trinajstić information content (AvgIpc) is 2.64. The van der Waals surface area contributed by atoms with Crippen molar-refractivity contribution >= 4 is 6.03 Å². The van der Waals surface area contributed by atoms with E-state index in [-0.39, 0.29) is 0 Å². The molecule has 0 bridgehead atoms. The number of carbonyl (C=O) groups is 1. The first-order chi connectivity index (χ1) is 5.16. The largest absolute Gasteiger partial charge is 0.373 e. The van der Waals surface area contributed by atoms with E-state index in [4.69, 9.17) is 9.53 Å². The summed E-state index contributed by atoms with van der Waals surface area (Å²) in [7, 11) is 0. The number of nitrogens with two attached hydrogens (primary N) is 2. The molecule has 1 fully saturated rings. The van der Waals surface area contributed by atoms with Gasteiger partial charge in [0.25, 0.3) is 0 Å². The van der Waals surface area contributed by atoms with Gasteiger partial charge in [-0.3, -0.25) is 0 Å². The van der Waals surface area contributed by atoms with Gasteiger partial charge >= 0.3 is 6.03 Å². The van der Waals surface area contributed by atoms with E-state index >= 15 is 0 Å². The first-order valence-electron chi connectivity index (χ1n) is 3.44. The van der Waals surface area contributed by atoms with E-state index in [1.54, 1.807) is 0 Å². The van der Waals surface area contributed by atoms with Crippen LogP contribution in [0.3, 0.4) is 0 Å². The van der Waals surface area contributed by atoms with Crippen molar-refractivity contribution in [3.8, 4) is 0 Å². The molecule has 0 aromatic carbocycles. The Bertz CT molecular complexity index is 137. The Morgan fingerprint density at radius 2 is 2.18 bits per heavy atom. The van der Waals surface area contributed by atoms with Gasteiger partial charge in [-0.1, -0.05) is 12.2 Å². The summed E-state index contributed by atoms with van der Waals surface area (Å²) >= 11 is 0. The molecule has 2 amide bonds. The molecule has 11 heavy (non-hydrogen) atoms. The van der Waals surface area contributed by atoms with E-state index in [0.29, 0.717) is 6.10 Å². The lowest BCUT2D eigenvalue weighted by Gasteiger charge is -1.77. The van der Waals surface area contributed by atoms with E-state index in [1.807, 2.05) is 6.92 Å². The molecule has 1 saturated heterocycles. The number of carbonyl (C=O) groups excluding carboxylic acids is 1. The second-order valence-electron chi connectivity index (χ2n) is 2.16. The van der Waals surface area contributed by atoms with Crippen LogP contribution in [-0.4, -0.2) is 18.7 Å². The molecule has 64 valence electrons. The first kappa shape index (κ1) is 9.97. The van der Waals surface area contributed by atoms with Crippen LogP contribution in [-0.2, 0) is 4.74 Å². The van der Waals surface area contributed by atoms with Crippen LogP contribution >= 0.6 is 0 Å². The maximum Gasteiger partial charge on any atom is 0.309 e. The molecular formula is C7H14N2O2. The van der Waals surface area contributed by atoms with E-state index in [9.17, 15) is 0 Å². The minimum absolute atomic E-state index is 0.566. The molecule has 0 aromatic rings. The highest BCUT2D eigenvalue weighted by molar-refractivity contribution is 5.69. The van der Waals surface area contributed by atoms with Crippen LogP contribution in [0.5, 0.6) is 0 Å². The van der Waals surface area contributed by atoms with Crippen molar-refractivity contribution in [3.63, 3.8) is 0 Å². The second kappa shape index (κ2) is 5.73. The van der Waals surface area contributed by atoms with Gasteiger partial charge in [-0.05, 0) is 13.3 Å². The van der Waals surface area contributed by atoms with Gasteiger partial charge in [0.05, 0.1) is 12.7 Å². The topological polar surface area (TPSA) is 81.6 Å². The van der Waals surface area contributed by atoms with E-state index in [0.717, 1.165) is 13.0 Å². The zero-order chi connectivity index (χ0) is 8.69. The fourth-order valence-corrected chi connectivity index (χ4v) is 0.492. The predicted molar refractivity (Wildman–Crippen MR) is 42.9 cm³/mol. The quantitative estimate of drug-likeness (QED) is 0.449. The van der Waals surface area contributed by atoms with Crippen molar-refractivity contribution < 1.29 is 9.53 Å². The summed E-state index contributed by atoms with van der Waals surface area (Å²) in [6.45, 7) is 3.01. The summed E-state index contributed by atoms with van der Waals surface area (Å²) < 4.78 is 4.96. The summed E-state index contributed by atoms with van der Waals surface area (Å²) in [6.07, 6.45) is 5.87. The van der Waals surface area contributed by atoms with Crippen LogP contribution in [0.2, 0.25) is 0 Å². The molecule has 1 aliphatic heterocycles. The van der Waals surface area contributed by atoms with Crippen molar-refractivity contribution in [2.24, 2.45) is 11.5 Å². The van der Waals surface area contributed by atoms with Gasteiger partial charge in [0.2, 0.25) is 0 Å². The van der Waals surface area contributed by atoms with Gasteiger partial charge in [-0.2, -0.15) is 0 Å². The summed E-state index contributed by atoms with van der Waals surface area (Å²) in [4.78, 5) is 9.00. The van der Waals surface area contributed by atoms with Crippen LogP contribution in [0.1, 0.15) is 13.3 Å². The predicted octanol–water partition coefficient (Wildman–Crippen LogP) is 0.375. The fraction of sp³-hybridized carbons (Fsp3) is 0.571. The molecule has 1 aliphatic rings. The van der Waals surface area contributed by atoms with Crippen molar-refractivity contribution in [1.82, 2.24) is 0 Å². The summed E-state index contributed by atoms with van der Waals surface area (Å²) in [5.41, 5.74) is 8.50. The molecule has 4 nitrogen and oxygen atoms in total. The Morgan fingerprint density at radius 3 is 2.45 bits per heavy atom. The summed E-state index contributed by atoms with van der Waals surface area (Å²) in [6, 6.07) is -0.833. The highest BCUT2D eigenvalue weighted by Gasteiger charge is 2.19.